The minimum atomic E-state index is -0.0706. The molecule has 112 valence electrons. The van der Waals surface area contributed by atoms with Crippen LogP contribution in [0.2, 0.25) is 0 Å². The van der Waals surface area contributed by atoms with E-state index in [1.165, 1.54) is 0 Å². The molecule has 0 saturated heterocycles. The van der Waals surface area contributed by atoms with E-state index in [1.807, 2.05) is 55.7 Å². The summed E-state index contributed by atoms with van der Waals surface area (Å²) >= 11 is 0. The van der Waals surface area contributed by atoms with Crippen molar-refractivity contribution in [2.24, 2.45) is 0 Å². The standard InChI is InChI=1S/C17H18N4O/c1-4-18-17(22)13-8-7-11(2)15(10-13)21-12(3)20-14-6-5-9-19-16(14)21/h5-10H,4H2,1-3H3,(H,18,22). The van der Waals surface area contributed by atoms with Crippen molar-refractivity contribution in [2.75, 3.05) is 6.54 Å². The molecule has 3 rings (SSSR count). The molecule has 0 spiro atoms. The molecule has 0 fully saturated rings. The van der Waals surface area contributed by atoms with Gasteiger partial charge in [-0.15, -0.1) is 0 Å². The minimum Gasteiger partial charge on any atom is -0.352 e. The summed E-state index contributed by atoms with van der Waals surface area (Å²) in [5.74, 6) is 0.781. The third-order valence-corrected chi connectivity index (χ3v) is 3.63. The quantitative estimate of drug-likeness (QED) is 0.808. The molecule has 0 aliphatic carbocycles. The van der Waals surface area contributed by atoms with Gasteiger partial charge in [0.15, 0.2) is 5.65 Å². The van der Waals surface area contributed by atoms with Crippen molar-refractivity contribution in [3.63, 3.8) is 0 Å². The molecule has 0 radical (unpaired) electrons. The molecule has 1 aromatic carbocycles. The molecule has 1 N–H and O–H groups in total. The summed E-state index contributed by atoms with van der Waals surface area (Å²) in [5, 5.41) is 2.83. The fourth-order valence-electron chi connectivity index (χ4n) is 2.57. The Bertz CT molecular complexity index is 851. The summed E-state index contributed by atoms with van der Waals surface area (Å²) in [7, 11) is 0. The van der Waals surface area contributed by atoms with Gasteiger partial charge in [0.05, 0.1) is 5.69 Å². The summed E-state index contributed by atoms with van der Waals surface area (Å²) in [6.45, 7) is 6.48. The van der Waals surface area contributed by atoms with Crippen LogP contribution in [-0.4, -0.2) is 27.0 Å². The molecule has 0 aliphatic heterocycles. The predicted octanol–water partition coefficient (Wildman–Crippen LogP) is 2.79. The molecule has 1 amide bonds. The minimum absolute atomic E-state index is 0.0706. The van der Waals surface area contributed by atoms with E-state index in [4.69, 9.17) is 0 Å². The van der Waals surface area contributed by atoms with Crippen molar-refractivity contribution < 1.29 is 4.79 Å². The van der Waals surface area contributed by atoms with Gasteiger partial charge in [-0.25, -0.2) is 9.97 Å². The van der Waals surface area contributed by atoms with E-state index < -0.39 is 0 Å². The SMILES string of the molecule is CCNC(=O)c1ccc(C)c(-n2c(C)nc3cccnc32)c1. The maximum absolute atomic E-state index is 12.1. The largest absolute Gasteiger partial charge is 0.352 e. The Balaban J connectivity index is 2.20. The number of benzene rings is 1. The molecule has 3 aromatic rings. The van der Waals surface area contributed by atoms with Crippen molar-refractivity contribution in [3.05, 3.63) is 53.5 Å². The molecule has 0 saturated carbocycles. The fourth-order valence-corrected chi connectivity index (χ4v) is 2.57. The lowest BCUT2D eigenvalue weighted by atomic mass is 10.1. The number of hydrogen-bond donors (Lipinski definition) is 1. The molecule has 5 nitrogen and oxygen atoms in total. The van der Waals surface area contributed by atoms with Gasteiger partial charge in [-0.2, -0.15) is 0 Å². The fraction of sp³-hybridized carbons (Fsp3) is 0.235. The molecule has 0 unspecified atom stereocenters. The number of fused-ring (bicyclic) bond motifs is 1. The first kappa shape index (κ1) is 14.3. The summed E-state index contributed by atoms with van der Waals surface area (Å²) in [4.78, 5) is 21.0. The summed E-state index contributed by atoms with van der Waals surface area (Å²) in [6.07, 6.45) is 1.75. The van der Waals surface area contributed by atoms with Crippen LogP contribution in [0, 0.1) is 13.8 Å². The molecule has 2 heterocycles. The highest BCUT2D eigenvalue weighted by Crippen LogP contribution is 2.23. The van der Waals surface area contributed by atoms with Gasteiger partial charge in [0.2, 0.25) is 0 Å². The van der Waals surface area contributed by atoms with E-state index in [2.05, 4.69) is 15.3 Å². The molecular formula is C17H18N4O. The van der Waals surface area contributed by atoms with E-state index in [9.17, 15) is 4.79 Å². The molecule has 0 bridgehead atoms. The molecule has 5 heteroatoms. The number of aromatic nitrogens is 3. The topological polar surface area (TPSA) is 59.8 Å². The van der Waals surface area contributed by atoms with Crippen LogP contribution in [0.25, 0.3) is 16.9 Å². The lowest BCUT2D eigenvalue weighted by molar-refractivity contribution is 0.0956. The lowest BCUT2D eigenvalue weighted by Crippen LogP contribution is -2.22. The number of carbonyl (C=O) groups excluding carboxylic acids is 1. The summed E-state index contributed by atoms with van der Waals surface area (Å²) in [5.41, 5.74) is 4.29. The second kappa shape index (κ2) is 5.60. The van der Waals surface area contributed by atoms with Crippen LogP contribution in [0.4, 0.5) is 0 Å². The van der Waals surface area contributed by atoms with Crippen molar-refractivity contribution >= 4 is 17.1 Å². The highest BCUT2D eigenvalue weighted by molar-refractivity contribution is 5.95. The van der Waals surface area contributed by atoms with Gasteiger partial charge in [-0.1, -0.05) is 6.07 Å². The van der Waals surface area contributed by atoms with E-state index in [1.54, 1.807) is 6.20 Å². The van der Waals surface area contributed by atoms with Gasteiger partial charge in [0.1, 0.15) is 11.3 Å². The Morgan fingerprint density at radius 2 is 2.09 bits per heavy atom. The Morgan fingerprint density at radius 1 is 1.27 bits per heavy atom. The first-order valence-electron chi connectivity index (χ1n) is 7.31. The molecular weight excluding hydrogens is 276 g/mol. The second-order valence-corrected chi connectivity index (χ2v) is 5.20. The molecule has 0 atom stereocenters. The van der Waals surface area contributed by atoms with E-state index in [-0.39, 0.29) is 5.91 Å². The van der Waals surface area contributed by atoms with Crippen LogP contribution in [-0.2, 0) is 0 Å². The van der Waals surface area contributed by atoms with Crippen molar-refractivity contribution in [3.8, 4) is 5.69 Å². The van der Waals surface area contributed by atoms with Crippen LogP contribution < -0.4 is 5.32 Å². The average Bonchev–Trinajstić information content (AvgIpc) is 2.84. The van der Waals surface area contributed by atoms with Gasteiger partial charge in [-0.05, 0) is 50.6 Å². The van der Waals surface area contributed by atoms with Crippen LogP contribution in [0.3, 0.4) is 0 Å². The molecule has 22 heavy (non-hydrogen) atoms. The summed E-state index contributed by atoms with van der Waals surface area (Å²) < 4.78 is 1.99. The monoisotopic (exact) mass is 294 g/mol. The first-order valence-corrected chi connectivity index (χ1v) is 7.31. The second-order valence-electron chi connectivity index (χ2n) is 5.20. The van der Waals surface area contributed by atoms with E-state index >= 15 is 0 Å². The van der Waals surface area contributed by atoms with Crippen LogP contribution in [0.5, 0.6) is 0 Å². The molecule has 2 aromatic heterocycles. The van der Waals surface area contributed by atoms with Crippen LogP contribution in [0.15, 0.2) is 36.5 Å². The Kier molecular flexibility index (Phi) is 3.63. The number of nitrogens with zero attached hydrogens (tertiary/aromatic N) is 3. The number of rotatable bonds is 3. The van der Waals surface area contributed by atoms with Crippen LogP contribution >= 0.6 is 0 Å². The first-order chi connectivity index (χ1) is 10.6. The van der Waals surface area contributed by atoms with Gasteiger partial charge in [-0.3, -0.25) is 9.36 Å². The number of aryl methyl sites for hydroxylation is 2. The Morgan fingerprint density at radius 3 is 2.86 bits per heavy atom. The van der Waals surface area contributed by atoms with Gasteiger partial charge in [0.25, 0.3) is 5.91 Å². The number of amides is 1. The number of pyridine rings is 1. The third-order valence-electron chi connectivity index (χ3n) is 3.63. The predicted molar refractivity (Wildman–Crippen MR) is 86.3 cm³/mol. The maximum atomic E-state index is 12.1. The Labute approximate surface area is 129 Å². The zero-order valence-corrected chi connectivity index (χ0v) is 12.9. The van der Waals surface area contributed by atoms with E-state index in [0.717, 1.165) is 28.2 Å². The van der Waals surface area contributed by atoms with Crippen molar-refractivity contribution in [1.82, 2.24) is 19.9 Å². The highest BCUT2D eigenvalue weighted by atomic mass is 16.1. The number of hydrogen-bond acceptors (Lipinski definition) is 3. The van der Waals surface area contributed by atoms with Gasteiger partial charge >= 0.3 is 0 Å². The average molecular weight is 294 g/mol. The number of carbonyl (C=O) groups is 1. The third kappa shape index (κ3) is 2.35. The zero-order valence-electron chi connectivity index (χ0n) is 12.9. The smallest absolute Gasteiger partial charge is 0.251 e. The van der Waals surface area contributed by atoms with Gasteiger partial charge in [0, 0.05) is 18.3 Å². The normalized spacial score (nSPS) is 10.9. The lowest BCUT2D eigenvalue weighted by Gasteiger charge is -2.12. The number of nitrogens with one attached hydrogen (secondary N) is 1. The summed E-state index contributed by atoms with van der Waals surface area (Å²) in [6, 6.07) is 9.49. The van der Waals surface area contributed by atoms with E-state index in [0.29, 0.717) is 12.1 Å². The van der Waals surface area contributed by atoms with Crippen LogP contribution in [0.1, 0.15) is 28.7 Å². The zero-order chi connectivity index (χ0) is 15.7. The maximum Gasteiger partial charge on any atom is 0.251 e. The molecule has 0 aliphatic rings. The number of imidazole rings is 1. The highest BCUT2D eigenvalue weighted by Gasteiger charge is 2.14. The van der Waals surface area contributed by atoms with Gasteiger partial charge < -0.3 is 5.32 Å². The Hall–Kier alpha value is -2.69. The van der Waals surface area contributed by atoms with Crippen molar-refractivity contribution in [1.29, 1.82) is 0 Å². The van der Waals surface area contributed by atoms with Crippen molar-refractivity contribution in [2.45, 2.75) is 20.8 Å².